The van der Waals surface area contributed by atoms with E-state index in [0.717, 1.165) is 31.5 Å². The van der Waals surface area contributed by atoms with Crippen LogP contribution in [0.15, 0.2) is 12.2 Å². The van der Waals surface area contributed by atoms with Crippen molar-refractivity contribution in [2.75, 3.05) is 32.7 Å². The van der Waals surface area contributed by atoms with Gasteiger partial charge in [0.1, 0.15) is 0 Å². The maximum atomic E-state index is 4.12. The standard InChI is InChI=1S/C13H26N2/c1-5-14-8-12(4)9-15-7-6-13(10-15)11(2)3/h11,13-14H,4-10H2,1-3H3. The Hall–Kier alpha value is -0.340. The molecule has 0 aromatic heterocycles. The fraction of sp³-hybridized carbons (Fsp3) is 0.846. The molecule has 0 amide bonds. The van der Waals surface area contributed by atoms with Crippen LogP contribution >= 0.6 is 0 Å². The summed E-state index contributed by atoms with van der Waals surface area (Å²) in [5.41, 5.74) is 1.32. The normalized spacial score (nSPS) is 22.5. The van der Waals surface area contributed by atoms with E-state index in [9.17, 15) is 0 Å². The average Bonchev–Trinajstić information content (AvgIpc) is 2.63. The van der Waals surface area contributed by atoms with Crippen molar-refractivity contribution in [1.82, 2.24) is 10.2 Å². The van der Waals surface area contributed by atoms with E-state index in [0.29, 0.717) is 0 Å². The van der Waals surface area contributed by atoms with Crippen LogP contribution in [0.4, 0.5) is 0 Å². The molecule has 1 N–H and O–H groups in total. The van der Waals surface area contributed by atoms with Crippen LogP contribution in [0.1, 0.15) is 27.2 Å². The summed E-state index contributed by atoms with van der Waals surface area (Å²) in [6.07, 6.45) is 1.37. The number of hydrogen-bond donors (Lipinski definition) is 1. The molecule has 1 aliphatic rings. The van der Waals surface area contributed by atoms with Crippen molar-refractivity contribution in [1.29, 1.82) is 0 Å². The van der Waals surface area contributed by atoms with Gasteiger partial charge in [0.05, 0.1) is 0 Å². The Morgan fingerprint density at radius 1 is 1.53 bits per heavy atom. The molecule has 1 heterocycles. The third kappa shape index (κ3) is 4.35. The molecule has 2 nitrogen and oxygen atoms in total. The van der Waals surface area contributed by atoms with Gasteiger partial charge in [-0.2, -0.15) is 0 Å². The third-order valence-corrected chi connectivity index (χ3v) is 3.32. The van der Waals surface area contributed by atoms with E-state index in [1.165, 1.54) is 25.1 Å². The van der Waals surface area contributed by atoms with Gasteiger partial charge in [0, 0.05) is 19.6 Å². The van der Waals surface area contributed by atoms with Gasteiger partial charge < -0.3 is 5.32 Å². The predicted octanol–water partition coefficient (Wildman–Crippen LogP) is 2.13. The number of nitrogens with one attached hydrogen (secondary N) is 1. The van der Waals surface area contributed by atoms with Crippen LogP contribution in [-0.2, 0) is 0 Å². The molecule has 0 bridgehead atoms. The highest BCUT2D eigenvalue weighted by molar-refractivity contribution is 5.00. The molecule has 2 heteroatoms. The van der Waals surface area contributed by atoms with E-state index in [1.54, 1.807) is 0 Å². The Balaban J connectivity index is 2.20. The summed E-state index contributed by atoms with van der Waals surface area (Å²) in [4.78, 5) is 2.55. The minimum atomic E-state index is 0.831. The number of likely N-dealkylation sites (N-methyl/N-ethyl adjacent to an activating group) is 1. The monoisotopic (exact) mass is 210 g/mol. The van der Waals surface area contributed by atoms with E-state index < -0.39 is 0 Å². The second-order valence-electron chi connectivity index (χ2n) is 5.06. The zero-order valence-corrected chi connectivity index (χ0v) is 10.6. The molecule has 0 saturated carbocycles. The molecule has 88 valence electrons. The summed E-state index contributed by atoms with van der Waals surface area (Å²) in [6, 6.07) is 0. The van der Waals surface area contributed by atoms with Crippen LogP contribution in [0.5, 0.6) is 0 Å². The van der Waals surface area contributed by atoms with Crippen molar-refractivity contribution in [3.63, 3.8) is 0 Å². The lowest BCUT2D eigenvalue weighted by atomic mass is 9.95. The molecule has 15 heavy (non-hydrogen) atoms. The molecule has 0 aliphatic carbocycles. The number of hydrogen-bond acceptors (Lipinski definition) is 2. The lowest BCUT2D eigenvalue weighted by molar-refractivity contribution is 0.322. The molecule has 1 saturated heterocycles. The average molecular weight is 210 g/mol. The van der Waals surface area contributed by atoms with E-state index >= 15 is 0 Å². The van der Waals surface area contributed by atoms with Gasteiger partial charge in [-0.1, -0.05) is 27.4 Å². The Morgan fingerprint density at radius 3 is 2.80 bits per heavy atom. The number of rotatable bonds is 6. The maximum absolute atomic E-state index is 4.12. The summed E-state index contributed by atoms with van der Waals surface area (Å²) in [5.74, 6) is 1.73. The fourth-order valence-electron chi connectivity index (χ4n) is 2.22. The highest BCUT2D eigenvalue weighted by atomic mass is 15.1. The molecule has 0 aromatic rings. The summed E-state index contributed by atoms with van der Waals surface area (Å²) < 4.78 is 0. The van der Waals surface area contributed by atoms with Crippen molar-refractivity contribution in [2.24, 2.45) is 11.8 Å². The zero-order chi connectivity index (χ0) is 11.3. The second kappa shape index (κ2) is 6.29. The van der Waals surface area contributed by atoms with E-state index in [1.807, 2.05) is 0 Å². The molecular formula is C13H26N2. The highest BCUT2D eigenvalue weighted by Crippen LogP contribution is 2.23. The van der Waals surface area contributed by atoms with E-state index in [4.69, 9.17) is 0 Å². The molecule has 1 atom stereocenters. The van der Waals surface area contributed by atoms with E-state index in [2.05, 4.69) is 37.6 Å². The molecular weight excluding hydrogens is 184 g/mol. The molecule has 1 unspecified atom stereocenters. The first-order valence-corrected chi connectivity index (χ1v) is 6.23. The Labute approximate surface area is 94.7 Å². The Bertz CT molecular complexity index is 199. The molecule has 0 spiro atoms. The first-order chi connectivity index (χ1) is 7.13. The molecule has 1 aliphatic heterocycles. The SMILES string of the molecule is C=C(CNCC)CN1CCC(C(C)C)C1. The van der Waals surface area contributed by atoms with Gasteiger partial charge >= 0.3 is 0 Å². The first kappa shape index (κ1) is 12.7. The Kier molecular flexibility index (Phi) is 5.34. The van der Waals surface area contributed by atoms with Crippen LogP contribution in [-0.4, -0.2) is 37.6 Å². The van der Waals surface area contributed by atoms with Crippen molar-refractivity contribution < 1.29 is 0 Å². The lowest BCUT2D eigenvalue weighted by Crippen LogP contribution is -2.28. The number of likely N-dealkylation sites (tertiary alicyclic amines) is 1. The van der Waals surface area contributed by atoms with Crippen molar-refractivity contribution in [2.45, 2.75) is 27.2 Å². The van der Waals surface area contributed by atoms with Gasteiger partial charge in [-0.3, -0.25) is 4.90 Å². The molecule has 1 rings (SSSR count). The molecule has 1 fully saturated rings. The molecule has 0 radical (unpaired) electrons. The first-order valence-electron chi connectivity index (χ1n) is 6.23. The third-order valence-electron chi connectivity index (χ3n) is 3.32. The van der Waals surface area contributed by atoms with Gasteiger partial charge in [0.2, 0.25) is 0 Å². The maximum Gasteiger partial charge on any atom is 0.0202 e. The smallest absolute Gasteiger partial charge is 0.0202 e. The predicted molar refractivity (Wildman–Crippen MR) is 67.1 cm³/mol. The molecule has 0 aromatic carbocycles. The summed E-state index contributed by atoms with van der Waals surface area (Å²) in [6.45, 7) is 16.5. The quantitative estimate of drug-likeness (QED) is 0.676. The van der Waals surface area contributed by atoms with Crippen LogP contribution in [0.3, 0.4) is 0 Å². The van der Waals surface area contributed by atoms with Gasteiger partial charge in [-0.15, -0.1) is 0 Å². The minimum absolute atomic E-state index is 0.831. The van der Waals surface area contributed by atoms with Crippen LogP contribution < -0.4 is 5.32 Å². The number of nitrogens with zero attached hydrogens (tertiary/aromatic N) is 1. The van der Waals surface area contributed by atoms with E-state index in [-0.39, 0.29) is 0 Å². The summed E-state index contributed by atoms with van der Waals surface area (Å²) in [7, 11) is 0. The van der Waals surface area contributed by atoms with Crippen LogP contribution in [0.25, 0.3) is 0 Å². The zero-order valence-electron chi connectivity index (χ0n) is 10.6. The fourth-order valence-corrected chi connectivity index (χ4v) is 2.22. The summed E-state index contributed by atoms with van der Waals surface area (Å²) >= 11 is 0. The van der Waals surface area contributed by atoms with Crippen molar-refractivity contribution in [3.05, 3.63) is 12.2 Å². The highest BCUT2D eigenvalue weighted by Gasteiger charge is 2.24. The topological polar surface area (TPSA) is 15.3 Å². The summed E-state index contributed by atoms with van der Waals surface area (Å²) in [5, 5.41) is 3.33. The van der Waals surface area contributed by atoms with Gasteiger partial charge in [-0.05, 0) is 36.9 Å². The van der Waals surface area contributed by atoms with Gasteiger partial charge in [0.15, 0.2) is 0 Å². The van der Waals surface area contributed by atoms with Crippen LogP contribution in [0.2, 0.25) is 0 Å². The minimum Gasteiger partial charge on any atom is -0.313 e. The van der Waals surface area contributed by atoms with Crippen molar-refractivity contribution in [3.8, 4) is 0 Å². The van der Waals surface area contributed by atoms with Gasteiger partial charge in [0.25, 0.3) is 0 Å². The largest absolute Gasteiger partial charge is 0.313 e. The lowest BCUT2D eigenvalue weighted by Gasteiger charge is -2.19. The van der Waals surface area contributed by atoms with Crippen molar-refractivity contribution >= 4 is 0 Å². The Morgan fingerprint density at radius 2 is 2.27 bits per heavy atom. The second-order valence-corrected chi connectivity index (χ2v) is 5.06. The van der Waals surface area contributed by atoms with Crippen LogP contribution in [0, 0.1) is 11.8 Å². The van der Waals surface area contributed by atoms with Gasteiger partial charge in [-0.25, -0.2) is 0 Å².